The van der Waals surface area contributed by atoms with Gasteiger partial charge >= 0.3 is 0 Å². The predicted molar refractivity (Wildman–Crippen MR) is 193 cm³/mol. The molecule has 4 fully saturated rings. The maximum absolute atomic E-state index is 14.8. The Morgan fingerprint density at radius 2 is 1.72 bits per heavy atom. The summed E-state index contributed by atoms with van der Waals surface area (Å²) in [5.41, 5.74) is 3.01. The van der Waals surface area contributed by atoms with Gasteiger partial charge in [0.2, 0.25) is 17.6 Å². The molecule has 54 heavy (non-hydrogen) atoms. The van der Waals surface area contributed by atoms with E-state index in [9.17, 15) is 37.5 Å². The van der Waals surface area contributed by atoms with E-state index in [-0.39, 0.29) is 48.8 Å². The summed E-state index contributed by atoms with van der Waals surface area (Å²) in [6.07, 6.45) is 8.26. The van der Waals surface area contributed by atoms with Gasteiger partial charge in [-0.15, -0.1) is 5.10 Å². The molecule has 294 valence electrons. The Balaban J connectivity index is 1.31. The Labute approximate surface area is 314 Å². The molecule has 1 aromatic heterocycles. The molecule has 2 aliphatic heterocycles. The van der Waals surface area contributed by atoms with Crippen molar-refractivity contribution in [2.24, 2.45) is 11.7 Å². The minimum absolute atomic E-state index is 0.0116. The van der Waals surface area contributed by atoms with E-state index in [2.05, 4.69) is 20.9 Å². The van der Waals surface area contributed by atoms with Gasteiger partial charge < -0.3 is 31.1 Å². The van der Waals surface area contributed by atoms with E-state index in [1.807, 2.05) is 0 Å². The van der Waals surface area contributed by atoms with Crippen molar-refractivity contribution >= 4 is 39.2 Å². The maximum Gasteiger partial charge on any atom is 0.287 e. The molecular formula is C37H51N7O9S. The standard InChI is InChI=1S/C37H51N7O9S/c1-36(2,50)30-21-39-42-44(30)25-20-29(34(48)41-37(31(45)32(38)46)15-6-17-53-18-16-37)43(22-25)35(49)28(19-23-7-4-3-5-8-23)40-33(47)24-9-11-26(12-10-24)54(51,52)27-13-14-27/h9-12,21,23,25,27-29,50H,3-8,13-20,22H2,1-2H3,(H2,38,46)(H,40,47)(H,41,48)/t25-,28+,29-,37+/m0/s1. The summed E-state index contributed by atoms with van der Waals surface area (Å²) in [7, 11) is -3.46. The van der Waals surface area contributed by atoms with E-state index >= 15 is 0 Å². The van der Waals surface area contributed by atoms with Gasteiger partial charge in [0, 0.05) is 38.2 Å². The summed E-state index contributed by atoms with van der Waals surface area (Å²) in [6, 6.07) is 2.84. The fraction of sp³-hybridized carbons (Fsp3) is 0.649. The number of nitrogens with two attached hydrogens (primary N) is 1. The predicted octanol–water partition coefficient (Wildman–Crippen LogP) is 1.46. The number of likely N-dealkylation sites (tertiary alicyclic amines) is 1. The summed E-state index contributed by atoms with van der Waals surface area (Å²) in [5, 5.41) is 24.4. The molecule has 6 rings (SSSR count). The molecule has 2 aliphatic carbocycles. The van der Waals surface area contributed by atoms with Crippen LogP contribution in [0.25, 0.3) is 0 Å². The van der Waals surface area contributed by atoms with E-state index < -0.39 is 73.8 Å². The van der Waals surface area contributed by atoms with Gasteiger partial charge in [0.05, 0.1) is 28.1 Å². The summed E-state index contributed by atoms with van der Waals surface area (Å²) in [6.45, 7) is 3.54. The van der Waals surface area contributed by atoms with E-state index in [0.717, 1.165) is 32.1 Å². The Hall–Kier alpha value is -4.22. The van der Waals surface area contributed by atoms with Crippen molar-refractivity contribution < 1.29 is 42.2 Å². The highest BCUT2D eigenvalue weighted by atomic mass is 32.2. The largest absolute Gasteiger partial charge is 0.384 e. The number of hydrogen-bond donors (Lipinski definition) is 4. The van der Waals surface area contributed by atoms with Gasteiger partial charge in [0.25, 0.3) is 11.8 Å². The lowest BCUT2D eigenvalue weighted by Gasteiger charge is -2.35. The molecule has 1 aromatic carbocycles. The van der Waals surface area contributed by atoms with Gasteiger partial charge in [-0.3, -0.25) is 24.0 Å². The second-order valence-electron chi connectivity index (χ2n) is 15.8. The van der Waals surface area contributed by atoms with Crippen molar-refractivity contribution in [3.63, 3.8) is 0 Å². The van der Waals surface area contributed by atoms with E-state index in [1.165, 1.54) is 40.0 Å². The third kappa shape index (κ3) is 8.52. The Morgan fingerprint density at radius 3 is 2.37 bits per heavy atom. The van der Waals surface area contributed by atoms with E-state index in [0.29, 0.717) is 38.0 Å². The molecule has 2 aromatic rings. The average molecular weight is 770 g/mol. The lowest BCUT2D eigenvalue weighted by Crippen LogP contribution is -2.62. The zero-order chi connectivity index (χ0) is 38.8. The molecular weight excluding hydrogens is 719 g/mol. The van der Waals surface area contributed by atoms with Crippen LogP contribution < -0.4 is 16.4 Å². The number of carbonyl (C=O) groups excluding carboxylic acids is 5. The molecule has 3 heterocycles. The van der Waals surface area contributed by atoms with E-state index in [1.54, 1.807) is 13.8 Å². The lowest BCUT2D eigenvalue weighted by atomic mass is 9.84. The van der Waals surface area contributed by atoms with Crippen molar-refractivity contribution in [2.45, 2.75) is 130 Å². The third-order valence-electron chi connectivity index (χ3n) is 11.3. The highest BCUT2D eigenvalue weighted by Gasteiger charge is 2.49. The number of Topliss-reactive ketones (excluding diaryl/α,β-unsaturated/α-hetero) is 1. The van der Waals surface area contributed by atoms with Gasteiger partial charge in [0.1, 0.15) is 23.2 Å². The molecule has 0 bridgehead atoms. The minimum Gasteiger partial charge on any atom is -0.384 e. The Morgan fingerprint density at radius 1 is 1.02 bits per heavy atom. The normalized spacial score (nSPS) is 24.7. The van der Waals surface area contributed by atoms with Crippen LogP contribution in [0.1, 0.15) is 113 Å². The number of hydrogen-bond acceptors (Lipinski definition) is 11. The Kier molecular flexibility index (Phi) is 11.6. The van der Waals surface area contributed by atoms with Crippen LogP contribution >= 0.6 is 0 Å². The highest BCUT2D eigenvalue weighted by Crippen LogP contribution is 2.35. The van der Waals surface area contributed by atoms with Crippen LogP contribution in [0.15, 0.2) is 35.4 Å². The zero-order valence-corrected chi connectivity index (χ0v) is 31.7. The van der Waals surface area contributed by atoms with Gasteiger partial charge in [-0.1, -0.05) is 37.3 Å². The number of aliphatic hydroxyl groups is 1. The Bertz CT molecular complexity index is 1840. The average Bonchev–Trinajstić information content (AvgIpc) is 3.80. The number of amides is 4. The number of aromatic nitrogens is 3. The minimum atomic E-state index is -3.46. The zero-order valence-electron chi connectivity index (χ0n) is 30.9. The molecule has 4 aliphatic rings. The van der Waals surface area contributed by atoms with Crippen molar-refractivity contribution in [3.05, 3.63) is 41.7 Å². The van der Waals surface area contributed by atoms with Crippen LogP contribution in [0, 0.1) is 5.92 Å². The fourth-order valence-corrected chi connectivity index (χ4v) is 9.79. The smallest absolute Gasteiger partial charge is 0.287 e. The van der Waals surface area contributed by atoms with Crippen molar-refractivity contribution in [3.8, 4) is 0 Å². The topological polar surface area (TPSA) is 233 Å². The number of carbonyl (C=O) groups is 5. The summed E-state index contributed by atoms with van der Waals surface area (Å²) in [4.78, 5) is 70.0. The van der Waals surface area contributed by atoms with Crippen LogP contribution in [0.5, 0.6) is 0 Å². The van der Waals surface area contributed by atoms with Crippen LogP contribution in [0.2, 0.25) is 0 Å². The number of ketones is 1. The van der Waals surface area contributed by atoms with Crippen molar-refractivity contribution in [1.82, 2.24) is 30.5 Å². The number of nitrogens with one attached hydrogen (secondary N) is 2. The molecule has 0 unspecified atom stereocenters. The molecule has 4 amide bonds. The number of primary amides is 1. The molecule has 5 N–H and O–H groups in total. The molecule has 0 radical (unpaired) electrons. The molecule has 2 saturated heterocycles. The van der Waals surface area contributed by atoms with Crippen LogP contribution in [0.3, 0.4) is 0 Å². The molecule has 2 saturated carbocycles. The van der Waals surface area contributed by atoms with Crippen molar-refractivity contribution in [1.29, 1.82) is 0 Å². The molecule has 0 spiro atoms. The highest BCUT2D eigenvalue weighted by molar-refractivity contribution is 7.92. The summed E-state index contributed by atoms with van der Waals surface area (Å²) in [5.74, 6) is -3.78. The van der Waals surface area contributed by atoms with Crippen LogP contribution in [-0.4, -0.2) is 105 Å². The van der Waals surface area contributed by atoms with Gasteiger partial charge in [-0.05, 0) is 76.1 Å². The molecule has 17 heteroatoms. The number of ether oxygens (including phenoxy) is 1. The SMILES string of the molecule is CC(C)(O)c1cnnn1[C@H]1C[C@@H](C(=O)N[C@]2(C(=O)C(N)=O)CCCOCC2)N(C(=O)[C@@H](CC2CCCCC2)NC(=O)c2ccc(S(=O)(=O)C3CC3)cc2)C1. The molecule has 4 atom stereocenters. The van der Waals surface area contributed by atoms with Crippen molar-refractivity contribution in [2.75, 3.05) is 19.8 Å². The number of nitrogens with zero attached hydrogens (tertiary/aromatic N) is 4. The number of sulfone groups is 1. The monoisotopic (exact) mass is 769 g/mol. The first-order chi connectivity index (χ1) is 25.6. The second kappa shape index (κ2) is 15.9. The molecule has 16 nitrogen and oxygen atoms in total. The van der Waals surface area contributed by atoms with Gasteiger partial charge in [-0.2, -0.15) is 0 Å². The fourth-order valence-electron chi connectivity index (χ4n) is 8.13. The quantitative estimate of drug-likeness (QED) is 0.213. The summed E-state index contributed by atoms with van der Waals surface area (Å²) < 4.78 is 32.6. The first-order valence-electron chi connectivity index (χ1n) is 18.9. The number of benzene rings is 1. The van der Waals surface area contributed by atoms with Gasteiger partial charge in [0.15, 0.2) is 9.84 Å². The van der Waals surface area contributed by atoms with Gasteiger partial charge in [-0.25, -0.2) is 13.1 Å². The van der Waals surface area contributed by atoms with E-state index in [4.69, 9.17) is 10.5 Å². The first kappa shape index (κ1) is 39.5. The second-order valence-corrected chi connectivity index (χ2v) is 18.0. The maximum atomic E-state index is 14.8. The summed E-state index contributed by atoms with van der Waals surface area (Å²) >= 11 is 0. The third-order valence-corrected chi connectivity index (χ3v) is 13.6. The van der Waals surface area contributed by atoms with Crippen LogP contribution in [-0.2, 0) is 39.4 Å². The number of rotatable bonds is 13. The lowest BCUT2D eigenvalue weighted by molar-refractivity contribution is -0.145. The first-order valence-corrected chi connectivity index (χ1v) is 20.5. The van der Waals surface area contributed by atoms with Crippen LogP contribution in [0.4, 0.5) is 0 Å².